The van der Waals surface area contributed by atoms with Crippen LogP contribution in [0.4, 0.5) is 0 Å². The number of benzene rings is 1. The Kier molecular flexibility index (Phi) is 2.80. The molecule has 1 amide bonds. The number of rotatable bonds is 1. The average molecular weight is 243 g/mol. The third-order valence-corrected chi connectivity index (χ3v) is 3.47. The van der Waals surface area contributed by atoms with Gasteiger partial charge in [0.1, 0.15) is 0 Å². The van der Waals surface area contributed by atoms with Gasteiger partial charge in [-0.1, -0.05) is 12.1 Å². The zero-order valence-corrected chi connectivity index (χ0v) is 10.4. The quantitative estimate of drug-likeness (QED) is 0.799. The van der Waals surface area contributed by atoms with Crippen molar-refractivity contribution >= 4 is 16.8 Å². The Morgan fingerprint density at radius 3 is 3.11 bits per heavy atom. The zero-order valence-electron chi connectivity index (χ0n) is 10.4. The summed E-state index contributed by atoms with van der Waals surface area (Å²) in [6.07, 6.45) is 1.88. The molecular formula is C14H17N3O. The molecule has 0 saturated carbocycles. The molecule has 0 aliphatic carbocycles. The summed E-state index contributed by atoms with van der Waals surface area (Å²) in [4.78, 5) is 17.6. The van der Waals surface area contributed by atoms with Crippen LogP contribution in [0.1, 0.15) is 17.3 Å². The van der Waals surface area contributed by atoms with Gasteiger partial charge in [-0.05, 0) is 19.1 Å². The van der Waals surface area contributed by atoms with E-state index in [-0.39, 0.29) is 5.91 Å². The Morgan fingerprint density at radius 1 is 1.39 bits per heavy atom. The fourth-order valence-electron chi connectivity index (χ4n) is 2.55. The molecule has 0 spiro atoms. The Morgan fingerprint density at radius 2 is 2.28 bits per heavy atom. The van der Waals surface area contributed by atoms with E-state index in [9.17, 15) is 4.79 Å². The van der Waals surface area contributed by atoms with Gasteiger partial charge in [-0.15, -0.1) is 0 Å². The van der Waals surface area contributed by atoms with Crippen LogP contribution in [0, 0.1) is 0 Å². The number of piperazine rings is 1. The molecule has 2 N–H and O–H groups in total. The first-order valence-corrected chi connectivity index (χ1v) is 6.34. The molecule has 1 aromatic heterocycles. The molecule has 3 rings (SSSR count). The highest BCUT2D eigenvalue weighted by molar-refractivity contribution is 6.05. The van der Waals surface area contributed by atoms with E-state index in [0.717, 1.165) is 36.1 Å². The van der Waals surface area contributed by atoms with Crippen LogP contribution in [0.3, 0.4) is 0 Å². The van der Waals surface area contributed by atoms with Crippen LogP contribution in [-0.4, -0.2) is 41.5 Å². The molecule has 4 nitrogen and oxygen atoms in total. The predicted octanol–water partition coefficient (Wildman–Crippen LogP) is 1.60. The molecule has 4 heteroatoms. The summed E-state index contributed by atoms with van der Waals surface area (Å²) in [5.41, 5.74) is 1.71. The standard InChI is InChI=1S/C14H17N3O/c1-10-9-17(8-7-15-10)14(18)12-4-2-3-11-5-6-16-13(11)12/h2-6,10,15-16H,7-9H2,1H3/t10-/m0/s1. The highest BCUT2D eigenvalue weighted by Crippen LogP contribution is 2.19. The Labute approximate surface area is 106 Å². The van der Waals surface area contributed by atoms with E-state index in [1.807, 2.05) is 35.4 Å². The molecule has 94 valence electrons. The van der Waals surface area contributed by atoms with Gasteiger partial charge < -0.3 is 15.2 Å². The number of aromatic amines is 1. The SMILES string of the molecule is C[C@H]1CN(C(=O)c2cccc3cc[nH]c23)CCN1. The number of carbonyl (C=O) groups is 1. The number of carbonyl (C=O) groups excluding carboxylic acids is 1. The molecule has 1 saturated heterocycles. The van der Waals surface area contributed by atoms with Crippen molar-refractivity contribution in [2.75, 3.05) is 19.6 Å². The van der Waals surface area contributed by atoms with Crippen LogP contribution in [0.2, 0.25) is 0 Å². The second kappa shape index (κ2) is 4.46. The van der Waals surface area contributed by atoms with Crippen molar-refractivity contribution in [2.24, 2.45) is 0 Å². The van der Waals surface area contributed by atoms with Gasteiger partial charge in [-0.3, -0.25) is 4.79 Å². The summed E-state index contributed by atoms with van der Waals surface area (Å²) in [5, 5.41) is 4.44. The number of hydrogen-bond donors (Lipinski definition) is 2. The molecule has 1 atom stereocenters. The van der Waals surface area contributed by atoms with Gasteiger partial charge in [0.15, 0.2) is 0 Å². The third-order valence-electron chi connectivity index (χ3n) is 3.47. The van der Waals surface area contributed by atoms with Crippen LogP contribution in [0.15, 0.2) is 30.5 Å². The monoisotopic (exact) mass is 243 g/mol. The van der Waals surface area contributed by atoms with Crippen LogP contribution < -0.4 is 5.32 Å². The van der Waals surface area contributed by atoms with Crippen LogP contribution >= 0.6 is 0 Å². The van der Waals surface area contributed by atoms with Gasteiger partial charge in [-0.2, -0.15) is 0 Å². The van der Waals surface area contributed by atoms with E-state index in [1.54, 1.807) is 0 Å². The Balaban J connectivity index is 1.94. The summed E-state index contributed by atoms with van der Waals surface area (Å²) in [6, 6.07) is 8.21. The number of hydrogen-bond acceptors (Lipinski definition) is 2. The fraction of sp³-hybridized carbons (Fsp3) is 0.357. The molecule has 1 fully saturated rings. The van der Waals surface area contributed by atoms with Crippen molar-refractivity contribution in [3.8, 4) is 0 Å². The maximum Gasteiger partial charge on any atom is 0.256 e. The third kappa shape index (κ3) is 1.88. The molecule has 2 heterocycles. The lowest BCUT2D eigenvalue weighted by molar-refractivity contribution is 0.0711. The number of nitrogens with one attached hydrogen (secondary N) is 2. The van der Waals surface area contributed by atoms with Crippen molar-refractivity contribution in [1.82, 2.24) is 15.2 Å². The first-order valence-electron chi connectivity index (χ1n) is 6.34. The van der Waals surface area contributed by atoms with Crippen LogP contribution in [0.25, 0.3) is 10.9 Å². The largest absolute Gasteiger partial charge is 0.361 e. The lowest BCUT2D eigenvalue weighted by atomic mass is 10.1. The molecule has 1 aliphatic rings. The van der Waals surface area contributed by atoms with Crippen molar-refractivity contribution in [3.63, 3.8) is 0 Å². The molecule has 0 unspecified atom stereocenters. The maximum atomic E-state index is 12.5. The first-order chi connectivity index (χ1) is 8.75. The molecular weight excluding hydrogens is 226 g/mol. The number of H-pyrrole nitrogens is 1. The summed E-state index contributed by atoms with van der Waals surface area (Å²) in [6.45, 7) is 4.53. The maximum absolute atomic E-state index is 12.5. The summed E-state index contributed by atoms with van der Waals surface area (Å²) in [5.74, 6) is 0.122. The highest BCUT2D eigenvalue weighted by atomic mass is 16.2. The van der Waals surface area contributed by atoms with Crippen LogP contribution in [-0.2, 0) is 0 Å². The summed E-state index contributed by atoms with van der Waals surface area (Å²) >= 11 is 0. The first kappa shape index (κ1) is 11.3. The molecule has 1 aromatic carbocycles. The van der Waals surface area contributed by atoms with Gasteiger partial charge in [0.2, 0.25) is 0 Å². The fourth-order valence-corrected chi connectivity index (χ4v) is 2.55. The molecule has 2 aromatic rings. The highest BCUT2D eigenvalue weighted by Gasteiger charge is 2.22. The van der Waals surface area contributed by atoms with E-state index in [4.69, 9.17) is 0 Å². The molecule has 0 bridgehead atoms. The smallest absolute Gasteiger partial charge is 0.256 e. The van der Waals surface area contributed by atoms with Gasteiger partial charge in [0, 0.05) is 37.3 Å². The van der Waals surface area contributed by atoms with Crippen molar-refractivity contribution in [3.05, 3.63) is 36.0 Å². The van der Waals surface area contributed by atoms with E-state index in [1.165, 1.54) is 0 Å². The number of aromatic nitrogens is 1. The van der Waals surface area contributed by atoms with Gasteiger partial charge in [0.25, 0.3) is 5.91 Å². The van der Waals surface area contributed by atoms with Crippen molar-refractivity contribution < 1.29 is 4.79 Å². The van der Waals surface area contributed by atoms with E-state index in [0.29, 0.717) is 6.04 Å². The number of para-hydroxylation sites is 1. The number of fused-ring (bicyclic) bond motifs is 1. The average Bonchev–Trinajstić information content (AvgIpc) is 2.86. The van der Waals surface area contributed by atoms with Crippen molar-refractivity contribution in [1.29, 1.82) is 0 Å². The minimum Gasteiger partial charge on any atom is -0.361 e. The Bertz CT molecular complexity index is 575. The predicted molar refractivity (Wildman–Crippen MR) is 71.7 cm³/mol. The molecule has 0 radical (unpaired) electrons. The van der Waals surface area contributed by atoms with Gasteiger partial charge >= 0.3 is 0 Å². The van der Waals surface area contributed by atoms with Gasteiger partial charge in [-0.25, -0.2) is 0 Å². The lowest BCUT2D eigenvalue weighted by Crippen LogP contribution is -2.51. The van der Waals surface area contributed by atoms with Gasteiger partial charge in [0.05, 0.1) is 11.1 Å². The minimum atomic E-state index is 0.122. The molecule has 1 aliphatic heterocycles. The molecule has 18 heavy (non-hydrogen) atoms. The lowest BCUT2D eigenvalue weighted by Gasteiger charge is -2.32. The minimum absolute atomic E-state index is 0.122. The topological polar surface area (TPSA) is 48.1 Å². The van der Waals surface area contributed by atoms with Crippen LogP contribution in [0.5, 0.6) is 0 Å². The summed E-state index contributed by atoms with van der Waals surface area (Å²) in [7, 11) is 0. The number of amides is 1. The van der Waals surface area contributed by atoms with Crippen molar-refractivity contribution in [2.45, 2.75) is 13.0 Å². The normalized spacial score (nSPS) is 20.3. The van der Waals surface area contributed by atoms with E-state index < -0.39 is 0 Å². The zero-order chi connectivity index (χ0) is 12.5. The van der Waals surface area contributed by atoms with E-state index in [2.05, 4.69) is 17.2 Å². The Hall–Kier alpha value is -1.81. The second-order valence-corrected chi connectivity index (χ2v) is 4.85. The second-order valence-electron chi connectivity index (χ2n) is 4.85. The number of nitrogens with zero attached hydrogens (tertiary/aromatic N) is 1. The van der Waals surface area contributed by atoms with E-state index >= 15 is 0 Å². The summed E-state index contributed by atoms with van der Waals surface area (Å²) < 4.78 is 0.